The molecule has 0 aliphatic carbocycles. The lowest BCUT2D eigenvalue weighted by Gasteiger charge is -2.26. The third kappa shape index (κ3) is 5.78. The van der Waals surface area contributed by atoms with E-state index >= 15 is 0 Å². The van der Waals surface area contributed by atoms with Crippen LogP contribution in [0.4, 0.5) is 0 Å². The highest BCUT2D eigenvalue weighted by molar-refractivity contribution is 7.54. The lowest BCUT2D eigenvalue weighted by molar-refractivity contribution is 0.123. The molecule has 138 valence electrons. The fraction of sp³-hybridized carbons (Fsp3) is 0.647. The SMILES string of the molecule is COc1ccc([C@H](O)P(=O)(OCC(C)C)OCC(C)C)c(OC)c1. The van der Waals surface area contributed by atoms with E-state index < -0.39 is 13.4 Å². The van der Waals surface area contributed by atoms with Gasteiger partial charge in [-0.3, -0.25) is 4.57 Å². The molecule has 6 nitrogen and oxygen atoms in total. The Hall–Kier alpha value is -1.07. The summed E-state index contributed by atoms with van der Waals surface area (Å²) in [5, 5.41) is 10.7. The van der Waals surface area contributed by atoms with Crippen LogP contribution in [0.3, 0.4) is 0 Å². The fourth-order valence-electron chi connectivity index (χ4n) is 1.89. The molecule has 0 amide bonds. The summed E-state index contributed by atoms with van der Waals surface area (Å²) in [6.45, 7) is 8.20. The molecule has 0 unspecified atom stereocenters. The Balaban J connectivity index is 3.14. The second-order valence-electron chi connectivity index (χ2n) is 6.40. The molecule has 0 aromatic heterocycles. The topological polar surface area (TPSA) is 74.2 Å². The van der Waals surface area contributed by atoms with Gasteiger partial charge in [-0.15, -0.1) is 0 Å². The number of methoxy groups -OCH3 is 2. The minimum Gasteiger partial charge on any atom is -0.497 e. The summed E-state index contributed by atoms with van der Waals surface area (Å²) in [5.74, 6) is -0.181. The molecule has 0 spiro atoms. The second-order valence-corrected chi connectivity index (χ2v) is 8.49. The summed E-state index contributed by atoms with van der Waals surface area (Å²) in [6.07, 6.45) is 0. The monoisotopic (exact) mass is 360 g/mol. The van der Waals surface area contributed by atoms with E-state index in [2.05, 4.69) is 0 Å². The van der Waals surface area contributed by atoms with Gasteiger partial charge in [0.15, 0.2) is 5.85 Å². The van der Waals surface area contributed by atoms with Crippen molar-refractivity contribution in [1.82, 2.24) is 0 Å². The molecule has 1 N–H and O–H groups in total. The van der Waals surface area contributed by atoms with Gasteiger partial charge in [-0.05, 0) is 24.0 Å². The normalized spacial score (nSPS) is 13.4. The first-order valence-electron chi connectivity index (χ1n) is 8.02. The Kier molecular flexibility index (Phi) is 8.23. The van der Waals surface area contributed by atoms with Crippen molar-refractivity contribution in [1.29, 1.82) is 0 Å². The molecule has 24 heavy (non-hydrogen) atoms. The molecule has 0 radical (unpaired) electrons. The van der Waals surface area contributed by atoms with Crippen LogP contribution in [-0.2, 0) is 13.6 Å². The summed E-state index contributed by atoms with van der Waals surface area (Å²) >= 11 is 0. The predicted octanol–water partition coefficient (Wildman–Crippen LogP) is 4.23. The van der Waals surface area contributed by atoms with E-state index in [0.29, 0.717) is 17.1 Å². The number of benzene rings is 1. The highest BCUT2D eigenvalue weighted by Crippen LogP contribution is 2.61. The summed E-state index contributed by atoms with van der Waals surface area (Å²) in [5.41, 5.74) is 0.342. The summed E-state index contributed by atoms with van der Waals surface area (Å²) in [7, 11) is -0.762. The van der Waals surface area contributed by atoms with Gasteiger partial charge < -0.3 is 23.6 Å². The molecule has 0 bridgehead atoms. The molecular formula is C17H29O6P. The van der Waals surface area contributed by atoms with Gasteiger partial charge in [0, 0.05) is 11.6 Å². The van der Waals surface area contributed by atoms with Crippen LogP contribution in [0.1, 0.15) is 39.1 Å². The van der Waals surface area contributed by atoms with E-state index in [9.17, 15) is 9.67 Å². The van der Waals surface area contributed by atoms with Crippen molar-refractivity contribution < 1.29 is 28.2 Å². The van der Waals surface area contributed by atoms with Gasteiger partial charge in [0.25, 0.3) is 0 Å². The van der Waals surface area contributed by atoms with Gasteiger partial charge in [-0.1, -0.05) is 27.7 Å². The molecule has 1 atom stereocenters. The standard InChI is InChI=1S/C17H29O6P/c1-12(2)10-22-24(19,23-11-13(3)4)17(18)15-8-7-14(20-5)9-16(15)21-6/h7-9,12-13,17-18H,10-11H2,1-6H3/t17-/m1/s1. The first kappa shape index (κ1) is 21.0. The molecule has 0 heterocycles. The Bertz CT molecular complexity index is 542. The molecule has 0 aliphatic rings. The van der Waals surface area contributed by atoms with E-state index in [4.69, 9.17) is 18.5 Å². The average Bonchev–Trinajstić information content (AvgIpc) is 2.56. The van der Waals surface area contributed by atoms with Gasteiger partial charge >= 0.3 is 7.60 Å². The number of rotatable bonds is 10. The third-order valence-electron chi connectivity index (χ3n) is 3.19. The Morgan fingerprint density at radius 2 is 1.54 bits per heavy atom. The Labute approximate surface area is 144 Å². The maximum Gasteiger partial charge on any atom is 0.363 e. The summed E-state index contributed by atoms with van der Waals surface area (Å²) in [4.78, 5) is 0. The summed E-state index contributed by atoms with van der Waals surface area (Å²) in [6, 6.07) is 4.89. The zero-order valence-corrected chi connectivity index (χ0v) is 16.2. The largest absolute Gasteiger partial charge is 0.497 e. The fourth-order valence-corrected chi connectivity index (χ4v) is 3.81. The van der Waals surface area contributed by atoms with Crippen molar-refractivity contribution >= 4 is 7.60 Å². The van der Waals surface area contributed by atoms with E-state index in [1.54, 1.807) is 18.2 Å². The highest BCUT2D eigenvalue weighted by Gasteiger charge is 2.38. The van der Waals surface area contributed by atoms with Crippen molar-refractivity contribution in [2.24, 2.45) is 11.8 Å². The highest BCUT2D eigenvalue weighted by atomic mass is 31.2. The van der Waals surface area contributed by atoms with Crippen molar-refractivity contribution in [2.75, 3.05) is 27.4 Å². The maximum atomic E-state index is 13.2. The minimum atomic E-state index is -3.77. The van der Waals surface area contributed by atoms with Gasteiger partial charge in [0.2, 0.25) is 0 Å². The van der Waals surface area contributed by atoms with Crippen LogP contribution in [0.5, 0.6) is 11.5 Å². The van der Waals surface area contributed by atoms with E-state index in [0.717, 1.165) is 0 Å². The molecule has 1 aromatic carbocycles. The molecule has 0 saturated carbocycles. The van der Waals surface area contributed by atoms with E-state index in [1.165, 1.54) is 14.2 Å². The van der Waals surface area contributed by atoms with Gasteiger partial charge in [0.05, 0.1) is 27.4 Å². The van der Waals surface area contributed by atoms with Gasteiger partial charge in [-0.25, -0.2) is 0 Å². The Morgan fingerprint density at radius 3 is 1.96 bits per heavy atom. The molecule has 0 saturated heterocycles. The zero-order chi connectivity index (χ0) is 18.3. The van der Waals surface area contributed by atoms with Crippen LogP contribution in [-0.4, -0.2) is 32.5 Å². The molecule has 1 aromatic rings. The number of ether oxygens (including phenoxy) is 2. The van der Waals surface area contributed by atoms with Gasteiger partial charge in [-0.2, -0.15) is 0 Å². The Morgan fingerprint density at radius 1 is 1.00 bits per heavy atom. The van der Waals surface area contributed by atoms with Crippen LogP contribution in [0.15, 0.2) is 18.2 Å². The maximum absolute atomic E-state index is 13.2. The minimum absolute atomic E-state index is 0.158. The van der Waals surface area contributed by atoms with Crippen LogP contribution < -0.4 is 9.47 Å². The van der Waals surface area contributed by atoms with Crippen LogP contribution in [0, 0.1) is 11.8 Å². The van der Waals surface area contributed by atoms with Crippen LogP contribution in [0.2, 0.25) is 0 Å². The first-order chi connectivity index (χ1) is 11.2. The molecule has 7 heteroatoms. The lowest BCUT2D eigenvalue weighted by Crippen LogP contribution is -2.12. The molecule has 0 aliphatic heterocycles. The van der Waals surface area contributed by atoms with Crippen molar-refractivity contribution in [3.05, 3.63) is 23.8 Å². The van der Waals surface area contributed by atoms with Crippen LogP contribution >= 0.6 is 7.60 Å². The third-order valence-corrected chi connectivity index (χ3v) is 5.09. The zero-order valence-electron chi connectivity index (χ0n) is 15.3. The lowest BCUT2D eigenvalue weighted by atomic mass is 10.2. The van der Waals surface area contributed by atoms with Gasteiger partial charge in [0.1, 0.15) is 11.5 Å². The smallest absolute Gasteiger partial charge is 0.363 e. The molecule has 0 fully saturated rings. The number of aliphatic hydroxyl groups is 1. The quantitative estimate of drug-likeness (QED) is 0.629. The number of hydrogen-bond acceptors (Lipinski definition) is 6. The first-order valence-corrected chi connectivity index (χ1v) is 9.63. The van der Waals surface area contributed by atoms with Crippen LogP contribution in [0.25, 0.3) is 0 Å². The van der Waals surface area contributed by atoms with Crippen molar-refractivity contribution in [2.45, 2.75) is 33.5 Å². The molecular weight excluding hydrogens is 331 g/mol. The summed E-state index contributed by atoms with van der Waals surface area (Å²) < 4.78 is 34.6. The molecule has 1 rings (SSSR count). The average molecular weight is 360 g/mol. The van der Waals surface area contributed by atoms with Crippen molar-refractivity contribution in [3.63, 3.8) is 0 Å². The second kappa shape index (κ2) is 9.42. The predicted molar refractivity (Wildman–Crippen MR) is 93.7 cm³/mol. The van der Waals surface area contributed by atoms with E-state index in [1.807, 2.05) is 27.7 Å². The van der Waals surface area contributed by atoms with Crippen molar-refractivity contribution in [3.8, 4) is 11.5 Å². The number of aliphatic hydroxyl groups excluding tert-OH is 1. The van der Waals surface area contributed by atoms with E-state index in [-0.39, 0.29) is 25.0 Å². The number of hydrogen-bond donors (Lipinski definition) is 1.